The Bertz CT molecular complexity index is 142. The smallest absolute Gasteiger partial charge is 0.0835 e. The van der Waals surface area contributed by atoms with Crippen LogP contribution in [0.15, 0.2) is 0 Å². The van der Waals surface area contributed by atoms with Gasteiger partial charge >= 0.3 is 0 Å². The first kappa shape index (κ1) is 10.0. The monoisotopic (exact) mass is 171 g/mol. The van der Waals surface area contributed by atoms with Crippen molar-refractivity contribution in [1.82, 2.24) is 4.90 Å². The predicted molar refractivity (Wildman–Crippen MR) is 51.3 cm³/mol. The van der Waals surface area contributed by atoms with E-state index in [1.165, 1.54) is 0 Å². The molecule has 1 fully saturated rings. The van der Waals surface area contributed by atoms with Gasteiger partial charge in [-0.2, -0.15) is 0 Å². The van der Waals surface area contributed by atoms with Gasteiger partial charge < -0.3 is 4.74 Å². The number of hydrogen-bond acceptors (Lipinski definition) is 2. The van der Waals surface area contributed by atoms with Crippen LogP contribution >= 0.6 is 0 Å². The molecule has 0 aromatic carbocycles. The lowest BCUT2D eigenvalue weighted by Crippen LogP contribution is -2.56. The van der Waals surface area contributed by atoms with E-state index in [2.05, 4.69) is 39.5 Å². The van der Waals surface area contributed by atoms with Crippen LogP contribution in [0.4, 0.5) is 0 Å². The summed E-state index contributed by atoms with van der Waals surface area (Å²) < 4.78 is 5.81. The topological polar surface area (TPSA) is 12.5 Å². The van der Waals surface area contributed by atoms with E-state index < -0.39 is 0 Å². The van der Waals surface area contributed by atoms with Crippen LogP contribution in [0.25, 0.3) is 0 Å². The fourth-order valence-electron chi connectivity index (χ4n) is 1.47. The molecule has 0 aromatic heterocycles. The summed E-state index contributed by atoms with van der Waals surface area (Å²) in [5, 5.41) is 0. The van der Waals surface area contributed by atoms with Crippen molar-refractivity contribution >= 4 is 0 Å². The molecule has 2 nitrogen and oxygen atoms in total. The van der Waals surface area contributed by atoms with Gasteiger partial charge in [0.1, 0.15) is 0 Å². The summed E-state index contributed by atoms with van der Waals surface area (Å²) in [7, 11) is 0. The van der Waals surface area contributed by atoms with Crippen molar-refractivity contribution < 1.29 is 4.74 Å². The summed E-state index contributed by atoms with van der Waals surface area (Å²) in [5.41, 5.74) is 0.0216. The second-order valence-electron chi connectivity index (χ2n) is 4.90. The summed E-state index contributed by atoms with van der Waals surface area (Å²) in [6.07, 6.45) is 0.465. The SMILES string of the molecule is CC(C)N1CC(OC(C)(C)C)C1. The summed E-state index contributed by atoms with van der Waals surface area (Å²) in [5.74, 6) is 0. The summed E-state index contributed by atoms with van der Waals surface area (Å²) in [6, 6.07) is 0.671. The molecule has 0 N–H and O–H groups in total. The maximum Gasteiger partial charge on any atom is 0.0835 e. The summed E-state index contributed by atoms with van der Waals surface area (Å²) in [4.78, 5) is 2.43. The third kappa shape index (κ3) is 2.76. The number of nitrogens with zero attached hydrogens (tertiary/aromatic N) is 1. The first-order valence-corrected chi connectivity index (χ1v) is 4.80. The lowest BCUT2D eigenvalue weighted by Gasteiger charge is -2.44. The predicted octanol–water partition coefficient (Wildman–Crippen LogP) is 1.89. The Morgan fingerprint density at radius 2 is 1.75 bits per heavy atom. The average Bonchev–Trinajstić information content (AvgIpc) is 1.74. The normalized spacial score (nSPS) is 21.5. The Hall–Kier alpha value is -0.0800. The van der Waals surface area contributed by atoms with E-state index >= 15 is 0 Å². The molecular weight excluding hydrogens is 150 g/mol. The molecule has 1 saturated heterocycles. The van der Waals surface area contributed by atoms with E-state index in [-0.39, 0.29) is 5.60 Å². The van der Waals surface area contributed by atoms with Crippen LogP contribution < -0.4 is 0 Å². The van der Waals surface area contributed by atoms with E-state index in [4.69, 9.17) is 4.74 Å². The van der Waals surface area contributed by atoms with Crippen molar-refractivity contribution in [2.24, 2.45) is 0 Å². The van der Waals surface area contributed by atoms with Crippen LogP contribution in [0.2, 0.25) is 0 Å². The molecule has 1 heterocycles. The Balaban J connectivity index is 2.18. The van der Waals surface area contributed by atoms with Gasteiger partial charge in [-0.15, -0.1) is 0 Å². The molecular formula is C10H21NO. The van der Waals surface area contributed by atoms with Gasteiger partial charge in [0, 0.05) is 19.1 Å². The van der Waals surface area contributed by atoms with Crippen molar-refractivity contribution in [3.8, 4) is 0 Å². The number of ether oxygens (including phenoxy) is 1. The van der Waals surface area contributed by atoms with Gasteiger partial charge in [0.15, 0.2) is 0 Å². The first-order chi connectivity index (χ1) is 5.38. The van der Waals surface area contributed by atoms with Gasteiger partial charge in [-0.1, -0.05) is 0 Å². The fourth-order valence-corrected chi connectivity index (χ4v) is 1.47. The second-order valence-corrected chi connectivity index (χ2v) is 4.90. The fraction of sp³-hybridized carbons (Fsp3) is 1.00. The van der Waals surface area contributed by atoms with E-state index in [0.717, 1.165) is 13.1 Å². The molecule has 0 unspecified atom stereocenters. The molecule has 0 radical (unpaired) electrons. The molecule has 0 spiro atoms. The van der Waals surface area contributed by atoms with Gasteiger partial charge in [-0.3, -0.25) is 4.90 Å². The minimum atomic E-state index is 0.0216. The molecule has 1 aliphatic heterocycles. The van der Waals surface area contributed by atoms with Crippen LogP contribution in [0.1, 0.15) is 34.6 Å². The number of hydrogen-bond donors (Lipinski definition) is 0. The molecule has 0 saturated carbocycles. The van der Waals surface area contributed by atoms with Gasteiger partial charge in [-0.05, 0) is 34.6 Å². The number of rotatable bonds is 2. The lowest BCUT2D eigenvalue weighted by molar-refractivity contribution is -0.130. The van der Waals surface area contributed by atoms with Crippen LogP contribution in [0.5, 0.6) is 0 Å². The van der Waals surface area contributed by atoms with E-state index in [9.17, 15) is 0 Å². The molecule has 1 rings (SSSR count). The third-order valence-corrected chi connectivity index (χ3v) is 2.13. The Morgan fingerprint density at radius 1 is 1.25 bits per heavy atom. The van der Waals surface area contributed by atoms with Crippen molar-refractivity contribution in [2.75, 3.05) is 13.1 Å². The van der Waals surface area contributed by atoms with E-state index in [1.807, 2.05) is 0 Å². The molecule has 12 heavy (non-hydrogen) atoms. The van der Waals surface area contributed by atoms with Crippen LogP contribution in [-0.4, -0.2) is 35.7 Å². The molecule has 0 aromatic rings. The van der Waals surface area contributed by atoms with Crippen molar-refractivity contribution in [3.05, 3.63) is 0 Å². The lowest BCUT2D eigenvalue weighted by atomic mass is 10.1. The third-order valence-electron chi connectivity index (χ3n) is 2.13. The molecule has 2 heteroatoms. The zero-order valence-corrected chi connectivity index (χ0v) is 8.92. The van der Waals surface area contributed by atoms with E-state index in [0.29, 0.717) is 12.1 Å². The van der Waals surface area contributed by atoms with Gasteiger partial charge in [0.25, 0.3) is 0 Å². The summed E-state index contributed by atoms with van der Waals surface area (Å²) in [6.45, 7) is 13.0. The summed E-state index contributed by atoms with van der Waals surface area (Å²) >= 11 is 0. The minimum absolute atomic E-state index is 0.0216. The minimum Gasteiger partial charge on any atom is -0.370 e. The second kappa shape index (κ2) is 3.35. The molecule has 72 valence electrons. The Kier molecular flexibility index (Phi) is 2.79. The average molecular weight is 171 g/mol. The standard InChI is InChI=1S/C10H21NO/c1-8(2)11-6-9(7-11)12-10(3,4)5/h8-9H,6-7H2,1-5H3. The number of likely N-dealkylation sites (tertiary alicyclic amines) is 1. The Morgan fingerprint density at radius 3 is 2.08 bits per heavy atom. The van der Waals surface area contributed by atoms with Crippen LogP contribution in [-0.2, 0) is 4.74 Å². The molecule has 0 bridgehead atoms. The van der Waals surface area contributed by atoms with Gasteiger partial charge in [0.2, 0.25) is 0 Å². The van der Waals surface area contributed by atoms with Crippen molar-refractivity contribution in [1.29, 1.82) is 0 Å². The maximum atomic E-state index is 5.81. The van der Waals surface area contributed by atoms with E-state index in [1.54, 1.807) is 0 Å². The molecule has 0 aliphatic carbocycles. The Labute approximate surface area is 75.9 Å². The van der Waals surface area contributed by atoms with Crippen LogP contribution in [0, 0.1) is 0 Å². The highest BCUT2D eigenvalue weighted by molar-refractivity contribution is 4.84. The largest absolute Gasteiger partial charge is 0.370 e. The van der Waals surface area contributed by atoms with Gasteiger partial charge in [0.05, 0.1) is 11.7 Å². The highest BCUT2D eigenvalue weighted by Crippen LogP contribution is 2.20. The zero-order valence-electron chi connectivity index (χ0n) is 8.92. The van der Waals surface area contributed by atoms with Crippen LogP contribution in [0.3, 0.4) is 0 Å². The zero-order chi connectivity index (χ0) is 9.35. The highest BCUT2D eigenvalue weighted by Gasteiger charge is 2.31. The molecule has 0 atom stereocenters. The van der Waals surface area contributed by atoms with Crippen molar-refractivity contribution in [3.63, 3.8) is 0 Å². The maximum absolute atomic E-state index is 5.81. The van der Waals surface area contributed by atoms with Crippen molar-refractivity contribution in [2.45, 2.75) is 52.4 Å². The quantitative estimate of drug-likeness (QED) is 0.629. The van der Waals surface area contributed by atoms with Gasteiger partial charge in [-0.25, -0.2) is 0 Å². The molecule has 1 aliphatic rings. The highest BCUT2D eigenvalue weighted by atomic mass is 16.5. The molecule has 0 amide bonds. The first-order valence-electron chi connectivity index (χ1n) is 4.80.